The van der Waals surface area contributed by atoms with E-state index in [4.69, 9.17) is 14.3 Å². The van der Waals surface area contributed by atoms with Crippen LogP contribution in [-0.2, 0) is 19.6 Å². The zero-order valence-electron chi connectivity index (χ0n) is 12.9. The van der Waals surface area contributed by atoms with Gasteiger partial charge in [0.15, 0.2) is 5.60 Å². The van der Waals surface area contributed by atoms with Crippen molar-refractivity contribution in [2.24, 2.45) is 5.14 Å². The number of rotatable bonds is 3. The largest absolute Gasteiger partial charge is 0.478 e. The summed E-state index contributed by atoms with van der Waals surface area (Å²) in [6.45, 7) is 3.17. The Kier molecular flexibility index (Phi) is 3.61. The maximum atomic E-state index is 13.2. The van der Waals surface area contributed by atoms with Crippen molar-refractivity contribution in [1.29, 1.82) is 0 Å². The third-order valence-corrected chi connectivity index (χ3v) is 4.55. The number of ketones is 1. The Morgan fingerprint density at radius 3 is 2.21 bits per heavy atom. The minimum absolute atomic E-state index is 0.0496. The third-order valence-electron chi connectivity index (χ3n) is 3.62. The number of ether oxygens (including phenoxy) is 1. The van der Waals surface area contributed by atoms with Gasteiger partial charge >= 0.3 is 0 Å². The molecule has 0 unspecified atom stereocenters. The van der Waals surface area contributed by atoms with Crippen molar-refractivity contribution < 1.29 is 26.8 Å². The van der Waals surface area contributed by atoms with Gasteiger partial charge in [0.2, 0.25) is 15.8 Å². The number of furan rings is 1. The zero-order chi connectivity index (χ0) is 17.7. The summed E-state index contributed by atoms with van der Waals surface area (Å²) in [6.07, 6.45) is 0. The van der Waals surface area contributed by atoms with Crippen LogP contribution < -0.4 is 5.14 Å². The number of benzene rings is 1. The highest BCUT2D eigenvalue weighted by Crippen LogP contribution is 2.41. The molecule has 24 heavy (non-hydrogen) atoms. The highest BCUT2D eigenvalue weighted by Gasteiger charge is 2.44. The highest BCUT2D eigenvalue weighted by atomic mass is 32.2. The SMILES string of the molecule is CC1(C)OC(c2ccc(S(N)(=O)=O)cc2)=C(c2ccc(F)o2)C1=O. The Labute approximate surface area is 137 Å². The molecule has 0 aliphatic carbocycles. The van der Waals surface area contributed by atoms with Crippen molar-refractivity contribution in [1.82, 2.24) is 0 Å². The molecule has 3 rings (SSSR count). The van der Waals surface area contributed by atoms with Gasteiger partial charge in [-0.2, -0.15) is 4.39 Å². The van der Waals surface area contributed by atoms with Gasteiger partial charge in [-0.15, -0.1) is 0 Å². The number of hydrogen-bond donors (Lipinski definition) is 1. The van der Waals surface area contributed by atoms with Crippen LogP contribution in [0.15, 0.2) is 45.7 Å². The van der Waals surface area contributed by atoms with Crippen molar-refractivity contribution in [3.05, 3.63) is 53.7 Å². The van der Waals surface area contributed by atoms with Crippen LogP contribution in [0.2, 0.25) is 0 Å². The molecule has 0 radical (unpaired) electrons. The lowest BCUT2D eigenvalue weighted by Crippen LogP contribution is -2.29. The van der Waals surface area contributed by atoms with Gasteiger partial charge in [0, 0.05) is 11.6 Å². The van der Waals surface area contributed by atoms with E-state index in [9.17, 15) is 17.6 Å². The molecule has 1 aliphatic rings. The molecule has 0 atom stereocenters. The molecule has 0 bridgehead atoms. The van der Waals surface area contributed by atoms with Crippen LogP contribution in [0.5, 0.6) is 0 Å². The van der Waals surface area contributed by atoms with Crippen molar-refractivity contribution in [3.8, 4) is 0 Å². The normalized spacial score (nSPS) is 17.2. The van der Waals surface area contributed by atoms with E-state index in [0.717, 1.165) is 6.07 Å². The highest BCUT2D eigenvalue weighted by molar-refractivity contribution is 7.89. The number of primary sulfonamides is 1. The third kappa shape index (κ3) is 2.74. The van der Waals surface area contributed by atoms with Crippen LogP contribution in [0, 0.1) is 6.01 Å². The zero-order valence-corrected chi connectivity index (χ0v) is 13.7. The number of carbonyl (C=O) groups is 1. The summed E-state index contributed by atoms with van der Waals surface area (Å²) in [5.74, 6) is -0.115. The van der Waals surface area contributed by atoms with Gasteiger partial charge in [-0.25, -0.2) is 13.6 Å². The summed E-state index contributed by atoms with van der Waals surface area (Å²) >= 11 is 0. The first-order valence-electron chi connectivity index (χ1n) is 6.96. The van der Waals surface area contributed by atoms with Gasteiger partial charge in [0.25, 0.3) is 6.01 Å². The molecule has 8 heteroatoms. The van der Waals surface area contributed by atoms with Crippen molar-refractivity contribution >= 4 is 27.1 Å². The van der Waals surface area contributed by atoms with Gasteiger partial charge in [-0.05, 0) is 44.2 Å². The molecule has 0 spiro atoms. The van der Waals surface area contributed by atoms with Gasteiger partial charge in [0.1, 0.15) is 17.1 Å². The predicted octanol–water partition coefficient (Wildman–Crippen LogP) is 2.31. The first kappa shape index (κ1) is 16.4. The number of hydrogen-bond acceptors (Lipinski definition) is 5. The van der Waals surface area contributed by atoms with E-state index in [2.05, 4.69) is 0 Å². The molecule has 0 fully saturated rings. The van der Waals surface area contributed by atoms with Crippen LogP contribution in [0.25, 0.3) is 11.3 Å². The van der Waals surface area contributed by atoms with E-state index in [0.29, 0.717) is 5.56 Å². The monoisotopic (exact) mass is 351 g/mol. The second kappa shape index (κ2) is 5.29. The summed E-state index contributed by atoms with van der Waals surface area (Å²) in [5, 5.41) is 5.06. The van der Waals surface area contributed by atoms with Gasteiger partial charge in [-0.1, -0.05) is 0 Å². The van der Waals surface area contributed by atoms with E-state index in [-0.39, 0.29) is 27.8 Å². The summed E-state index contributed by atoms with van der Waals surface area (Å²) in [7, 11) is -3.83. The molecule has 0 amide bonds. The molecule has 1 aromatic carbocycles. The van der Waals surface area contributed by atoms with Crippen LogP contribution in [-0.4, -0.2) is 19.8 Å². The first-order chi connectivity index (χ1) is 11.1. The molecular formula is C16H14FNO5S. The molecule has 6 nitrogen and oxygen atoms in total. The summed E-state index contributed by atoms with van der Waals surface area (Å²) < 4.78 is 46.5. The molecule has 2 heterocycles. The summed E-state index contributed by atoms with van der Waals surface area (Å²) in [6, 6.07) is 7.15. The molecule has 0 saturated heterocycles. The lowest BCUT2D eigenvalue weighted by atomic mass is 9.96. The Hall–Kier alpha value is -2.45. The fraction of sp³-hybridized carbons (Fsp3) is 0.188. The number of sulfonamides is 1. The van der Waals surface area contributed by atoms with Crippen molar-refractivity contribution in [2.45, 2.75) is 24.3 Å². The van der Waals surface area contributed by atoms with Gasteiger partial charge < -0.3 is 9.15 Å². The van der Waals surface area contributed by atoms with E-state index < -0.39 is 21.6 Å². The molecule has 126 valence electrons. The maximum Gasteiger partial charge on any atom is 0.278 e. The second-order valence-electron chi connectivity index (χ2n) is 5.82. The fourth-order valence-corrected chi connectivity index (χ4v) is 2.94. The smallest absolute Gasteiger partial charge is 0.278 e. The number of Topliss-reactive ketones (excluding diaryl/α,β-unsaturated/α-hetero) is 1. The number of nitrogens with two attached hydrogens (primary N) is 1. The van der Waals surface area contributed by atoms with Gasteiger partial charge in [-0.3, -0.25) is 4.79 Å². The minimum Gasteiger partial charge on any atom is -0.478 e. The average Bonchev–Trinajstić information content (AvgIpc) is 3.00. The Balaban J connectivity index is 2.15. The molecule has 2 N–H and O–H groups in total. The molecule has 1 aromatic heterocycles. The first-order valence-corrected chi connectivity index (χ1v) is 8.51. The fourth-order valence-electron chi connectivity index (χ4n) is 2.43. The quantitative estimate of drug-likeness (QED) is 0.915. The van der Waals surface area contributed by atoms with Crippen molar-refractivity contribution in [3.63, 3.8) is 0 Å². The average molecular weight is 351 g/mol. The van der Waals surface area contributed by atoms with Crippen molar-refractivity contribution in [2.75, 3.05) is 0 Å². The Morgan fingerprint density at radius 1 is 1.08 bits per heavy atom. The lowest BCUT2D eigenvalue weighted by Gasteiger charge is -2.17. The second-order valence-corrected chi connectivity index (χ2v) is 7.38. The predicted molar refractivity (Wildman–Crippen MR) is 83.5 cm³/mol. The van der Waals surface area contributed by atoms with Crippen LogP contribution >= 0.6 is 0 Å². The summed E-state index contributed by atoms with van der Waals surface area (Å²) in [4.78, 5) is 12.5. The topological polar surface area (TPSA) is 99.6 Å². The van der Waals surface area contributed by atoms with Gasteiger partial charge in [0.05, 0.1) is 4.90 Å². The van der Waals surface area contributed by atoms with E-state index in [1.54, 1.807) is 13.8 Å². The Morgan fingerprint density at radius 2 is 1.71 bits per heavy atom. The van der Waals surface area contributed by atoms with Crippen LogP contribution in [0.1, 0.15) is 25.2 Å². The van der Waals surface area contributed by atoms with Crippen LogP contribution in [0.4, 0.5) is 4.39 Å². The van der Waals surface area contributed by atoms with Crippen LogP contribution in [0.3, 0.4) is 0 Å². The standard InChI is InChI=1S/C16H14FNO5S/c1-16(2)15(19)13(11-7-8-12(17)22-11)14(23-16)9-3-5-10(6-4-9)24(18,20)21/h3-8H,1-2H3,(H2,18,20,21). The maximum absolute atomic E-state index is 13.2. The molecule has 0 saturated carbocycles. The van der Waals surface area contributed by atoms with E-state index in [1.807, 2.05) is 0 Å². The molecule has 1 aliphatic heterocycles. The summed E-state index contributed by atoms with van der Waals surface area (Å²) in [5.41, 5.74) is -0.590. The van der Waals surface area contributed by atoms with E-state index >= 15 is 0 Å². The number of carbonyl (C=O) groups excluding carboxylic acids is 1. The minimum atomic E-state index is -3.83. The molecular weight excluding hydrogens is 337 g/mol. The van der Waals surface area contributed by atoms with E-state index in [1.165, 1.54) is 30.3 Å². The lowest BCUT2D eigenvalue weighted by molar-refractivity contribution is -0.125. The Bertz CT molecular complexity index is 955. The molecule has 2 aromatic rings. The number of halogens is 1.